The van der Waals surface area contributed by atoms with E-state index in [1.165, 1.54) is 43.5 Å². The fourth-order valence-corrected chi connectivity index (χ4v) is 6.41. The number of anilines is 1. The number of ether oxygens (including phenoxy) is 1. The molecule has 0 atom stereocenters. The smallest absolute Gasteiger partial charge is 0.264 e. The van der Waals surface area contributed by atoms with Gasteiger partial charge in [0.2, 0.25) is 0 Å². The van der Waals surface area contributed by atoms with Gasteiger partial charge in [-0.15, -0.1) is 0 Å². The number of benzene rings is 2. The normalized spacial score (nSPS) is 11.6. The van der Waals surface area contributed by atoms with Gasteiger partial charge in [0.15, 0.2) is 5.82 Å². The summed E-state index contributed by atoms with van der Waals surface area (Å²) in [7, 11) is -2.82. The fraction of sp³-hybridized carbons (Fsp3) is 0.148. The van der Waals surface area contributed by atoms with Gasteiger partial charge in [-0.05, 0) is 42.8 Å². The van der Waals surface area contributed by atoms with Gasteiger partial charge in [-0.3, -0.25) is 9.12 Å². The van der Waals surface area contributed by atoms with Crippen molar-refractivity contribution in [3.05, 3.63) is 88.7 Å². The minimum atomic E-state index is -4.34. The van der Waals surface area contributed by atoms with E-state index in [1.807, 2.05) is 0 Å². The van der Waals surface area contributed by atoms with Crippen LogP contribution in [-0.4, -0.2) is 46.6 Å². The minimum Gasteiger partial charge on any atom is -0.497 e. The van der Waals surface area contributed by atoms with Crippen molar-refractivity contribution in [2.75, 3.05) is 18.4 Å². The average Bonchev–Trinajstić information content (AvgIpc) is 3.31. The van der Waals surface area contributed by atoms with Crippen LogP contribution in [0.2, 0.25) is 10.0 Å². The van der Waals surface area contributed by atoms with E-state index < -0.39 is 15.8 Å². The average molecular weight is 602 g/mol. The first kappa shape index (κ1) is 27.8. The van der Waals surface area contributed by atoms with Crippen molar-refractivity contribution in [3.63, 3.8) is 0 Å². The van der Waals surface area contributed by atoms with Crippen LogP contribution >= 0.6 is 23.2 Å². The van der Waals surface area contributed by atoms with E-state index in [-0.39, 0.29) is 38.5 Å². The largest absolute Gasteiger partial charge is 0.497 e. The maximum atomic E-state index is 16.1. The van der Waals surface area contributed by atoms with E-state index >= 15 is 4.39 Å². The SMILES string of the molecule is COc1ccn2c(-c3ccnc(CCCO)n3)c(-c3cccc(NS(=O)(=O)c4c(Cl)cccc4Cl)c3F)nc2c1. The van der Waals surface area contributed by atoms with Crippen LogP contribution in [0.4, 0.5) is 10.1 Å². The van der Waals surface area contributed by atoms with E-state index in [1.54, 1.807) is 35.0 Å². The first-order chi connectivity index (χ1) is 19.2. The van der Waals surface area contributed by atoms with Crippen LogP contribution in [0.25, 0.3) is 28.3 Å². The Kier molecular flexibility index (Phi) is 7.90. The zero-order chi connectivity index (χ0) is 28.4. The van der Waals surface area contributed by atoms with Crippen molar-refractivity contribution in [3.8, 4) is 28.4 Å². The molecule has 0 spiro atoms. The van der Waals surface area contributed by atoms with Crippen molar-refractivity contribution in [2.24, 2.45) is 0 Å². The van der Waals surface area contributed by atoms with Crippen molar-refractivity contribution in [1.82, 2.24) is 19.4 Å². The van der Waals surface area contributed by atoms with Crippen molar-refractivity contribution in [1.29, 1.82) is 0 Å². The fourth-order valence-electron chi connectivity index (χ4n) is 4.20. The molecule has 5 aromatic rings. The zero-order valence-corrected chi connectivity index (χ0v) is 23.3. The molecule has 0 bridgehead atoms. The topological polar surface area (TPSA) is 119 Å². The van der Waals surface area contributed by atoms with Crippen LogP contribution in [0.1, 0.15) is 12.2 Å². The number of pyridine rings is 1. The maximum absolute atomic E-state index is 16.1. The lowest BCUT2D eigenvalue weighted by molar-refractivity contribution is 0.287. The predicted octanol–water partition coefficient (Wildman–Crippen LogP) is 5.64. The molecule has 0 fully saturated rings. The quantitative estimate of drug-likeness (QED) is 0.224. The highest BCUT2D eigenvalue weighted by molar-refractivity contribution is 7.93. The van der Waals surface area contributed by atoms with E-state index in [4.69, 9.17) is 27.9 Å². The summed E-state index contributed by atoms with van der Waals surface area (Å²) in [6.45, 7) is -0.0123. The molecule has 13 heteroatoms. The number of imidazole rings is 1. The molecule has 0 aliphatic rings. The summed E-state index contributed by atoms with van der Waals surface area (Å²) < 4.78 is 51.7. The summed E-state index contributed by atoms with van der Waals surface area (Å²) in [4.78, 5) is 13.2. The van der Waals surface area contributed by atoms with E-state index in [9.17, 15) is 13.5 Å². The second kappa shape index (κ2) is 11.4. The molecule has 0 aliphatic carbocycles. The van der Waals surface area contributed by atoms with Gasteiger partial charge in [-0.1, -0.05) is 35.3 Å². The van der Waals surface area contributed by atoms with Crippen LogP contribution in [0.5, 0.6) is 5.75 Å². The Morgan fingerprint density at radius 1 is 1.07 bits per heavy atom. The molecule has 0 saturated heterocycles. The van der Waals surface area contributed by atoms with Gasteiger partial charge in [0.1, 0.15) is 27.8 Å². The highest BCUT2D eigenvalue weighted by atomic mass is 35.5. The van der Waals surface area contributed by atoms with Gasteiger partial charge in [0.25, 0.3) is 10.0 Å². The van der Waals surface area contributed by atoms with Gasteiger partial charge >= 0.3 is 0 Å². The minimum absolute atomic E-state index is 0.0123. The number of aryl methyl sites for hydroxylation is 1. The third kappa shape index (κ3) is 5.33. The number of halogens is 3. The van der Waals surface area contributed by atoms with Crippen LogP contribution in [0, 0.1) is 5.82 Å². The highest BCUT2D eigenvalue weighted by Crippen LogP contribution is 2.37. The van der Waals surface area contributed by atoms with Crippen LogP contribution < -0.4 is 9.46 Å². The number of methoxy groups -OCH3 is 1. The Morgan fingerprint density at radius 2 is 1.82 bits per heavy atom. The predicted molar refractivity (Wildman–Crippen MR) is 151 cm³/mol. The molecule has 2 aromatic carbocycles. The second-order valence-electron chi connectivity index (χ2n) is 8.61. The molecule has 206 valence electrons. The number of fused-ring (bicyclic) bond motifs is 1. The first-order valence-electron chi connectivity index (χ1n) is 12.0. The van der Waals surface area contributed by atoms with E-state index in [0.717, 1.165) is 0 Å². The molecule has 0 unspecified atom stereocenters. The lowest BCUT2D eigenvalue weighted by atomic mass is 10.1. The molecule has 0 saturated carbocycles. The number of aliphatic hydroxyl groups is 1. The molecule has 2 N–H and O–H groups in total. The van der Waals surface area contributed by atoms with E-state index in [2.05, 4.69) is 19.7 Å². The molecule has 3 heterocycles. The lowest BCUT2D eigenvalue weighted by Gasteiger charge is -2.13. The van der Waals surface area contributed by atoms with Gasteiger partial charge in [0, 0.05) is 37.1 Å². The number of hydrogen-bond acceptors (Lipinski definition) is 7. The second-order valence-corrected chi connectivity index (χ2v) is 11.0. The lowest BCUT2D eigenvalue weighted by Crippen LogP contribution is -2.15. The maximum Gasteiger partial charge on any atom is 0.264 e. The summed E-state index contributed by atoms with van der Waals surface area (Å²) >= 11 is 12.2. The van der Waals surface area contributed by atoms with Gasteiger partial charge in [-0.25, -0.2) is 27.8 Å². The number of sulfonamides is 1. The molecule has 9 nitrogen and oxygen atoms in total. The molecule has 5 rings (SSSR count). The third-order valence-electron chi connectivity index (χ3n) is 6.03. The van der Waals surface area contributed by atoms with E-state index in [0.29, 0.717) is 41.5 Å². The van der Waals surface area contributed by atoms with Crippen LogP contribution in [0.3, 0.4) is 0 Å². The Bertz CT molecular complexity index is 1810. The third-order valence-corrected chi connectivity index (χ3v) is 8.35. The van der Waals surface area contributed by atoms with Crippen molar-refractivity contribution < 1.29 is 22.7 Å². The van der Waals surface area contributed by atoms with Crippen LogP contribution in [0.15, 0.2) is 71.9 Å². The first-order valence-corrected chi connectivity index (χ1v) is 14.2. The molecule has 3 aromatic heterocycles. The number of nitrogens with one attached hydrogen (secondary N) is 1. The summed E-state index contributed by atoms with van der Waals surface area (Å²) in [5.41, 5.74) is 1.30. The monoisotopic (exact) mass is 601 g/mol. The zero-order valence-electron chi connectivity index (χ0n) is 21.0. The molecule has 0 amide bonds. The summed E-state index contributed by atoms with van der Waals surface area (Å²) in [5.74, 6) is 0.181. The molecular weight excluding hydrogens is 580 g/mol. The van der Waals surface area contributed by atoms with Gasteiger partial charge in [-0.2, -0.15) is 0 Å². The highest BCUT2D eigenvalue weighted by Gasteiger charge is 2.26. The number of nitrogens with zero attached hydrogens (tertiary/aromatic N) is 4. The Hall–Kier alpha value is -3.77. The standard InChI is InChI=1S/C27H22Cl2FN5O4S/c1-39-16-11-13-35-23(15-16)33-25(26(35)21-10-12-31-22(32-21)9-4-14-36)17-5-2-8-20(24(17)30)34-40(37,38)27-18(28)6-3-7-19(27)29/h2-3,5-8,10-13,15,34,36H,4,9,14H2,1H3. The molecular formula is C27H22Cl2FN5O4S. The Labute approximate surface area is 239 Å². The summed E-state index contributed by atoms with van der Waals surface area (Å²) in [6, 6.07) is 13.6. The van der Waals surface area contributed by atoms with Gasteiger partial charge < -0.3 is 9.84 Å². The summed E-state index contributed by atoms with van der Waals surface area (Å²) in [5, 5.41) is 9.01. The van der Waals surface area contributed by atoms with Crippen molar-refractivity contribution in [2.45, 2.75) is 17.7 Å². The molecule has 0 radical (unpaired) electrons. The van der Waals surface area contributed by atoms with Gasteiger partial charge in [0.05, 0.1) is 34.2 Å². The Morgan fingerprint density at radius 3 is 2.55 bits per heavy atom. The number of aliphatic hydroxyl groups excluding tert-OH is 1. The van der Waals surface area contributed by atoms with Crippen molar-refractivity contribution >= 4 is 44.6 Å². The number of hydrogen-bond donors (Lipinski definition) is 2. The summed E-state index contributed by atoms with van der Waals surface area (Å²) in [6.07, 6.45) is 4.22. The number of rotatable bonds is 9. The van der Waals surface area contributed by atoms with Crippen LogP contribution in [-0.2, 0) is 16.4 Å². The number of aromatic nitrogens is 4. The Balaban J connectivity index is 1.67. The molecule has 40 heavy (non-hydrogen) atoms. The molecule has 0 aliphatic heterocycles.